The monoisotopic (exact) mass is 516 g/mol. The van der Waals surface area contributed by atoms with Crippen molar-refractivity contribution in [2.45, 2.75) is 37.9 Å². The summed E-state index contributed by atoms with van der Waals surface area (Å²) in [7, 11) is 0.238. The van der Waals surface area contributed by atoms with Crippen LogP contribution in [0.25, 0.3) is 10.2 Å². The molecular formula is C25H32N4O4S2. The number of aromatic nitrogens is 1. The predicted octanol–water partition coefficient (Wildman–Crippen LogP) is 3.61. The molecule has 2 atom stereocenters. The summed E-state index contributed by atoms with van der Waals surface area (Å²) >= 11 is 1.48. The van der Waals surface area contributed by atoms with E-state index in [1.165, 1.54) is 27.8 Å². The molecule has 1 fully saturated rings. The van der Waals surface area contributed by atoms with Gasteiger partial charge in [0.25, 0.3) is 5.91 Å². The summed E-state index contributed by atoms with van der Waals surface area (Å²) in [5.74, 6) is -0.207. The van der Waals surface area contributed by atoms with E-state index in [1.807, 2.05) is 58.0 Å². The van der Waals surface area contributed by atoms with E-state index >= 15 is 0 Å². The molecule has 1 aliphatic heterocycles. The van der Waals surface area contributed by atoms with Gasteiger partial charge < -0.3 is 9.64 Å². The zero-order valence-corrected chi connectivity index (χ0v) is 22.4. The molecule has 0 saturated carbocycles. The topological polar surface area (TPSA) is 83.1 Å². The van der Waals surface area contributed by atoms with Gasteiger partial charge in [-0.05, 0) is 70.8 Å². The van der Waals surface area contributed by atoms with E-state index < -0.39 is 10.0 Å². The summed E-state index contributed by atoms with van der Waals surface area (Å²) in [4.78, 5) is 22.2. The van der Waals surface area contributed by atoms with Gasteiger partial charge in [0, 0.05) is 31.7 Å². The Labute approximate surface area is 211 Å². The lowest BCUT2D eigenvalue weighted by atomic mass is 10.2. The number of aryl methyl sites for hydroxylation is 1. The van der Waals surface area contributed by atoms with Gasteiger partial charge in [-0.15, -0.1) is 0 Å². The number of hydrogen-bond donors (Lipinski definition) is 0. The molecule has 1 aliphatic rings. The molecule has 2 aromatic carbocycles. The fourth-order valence-corrected chi connectivity index (χ4v) is 6.83. The van der Waals surface area contributed by atoms with Crippen molar-refractivity contribution in [2.24, 2.45) is 0 Å². The number of carbonyl (C=O) groups is 1. The molecule has 1 saturated heterocycles. The summed E-state index contributed by atoms with van der Waals surface area (Å²) in [6.45, 7) is 7.49. The predicted molar refractivity (Wildman–Crippen MR) is 140 cm³/mol. The average Bonchev–Trinajstić information content (AvgIpc) is 3.24. The molecule has 8 nitrogen and oxygen atoms in total. The molecule has 3 aromatic rings. The van der Waals surface area contributed by atoms with E-state index in [0.29, 0.717) is 36.9 Å². The van der Waals surface area contributed by atoms with Crippen LogP contribution in [0.15, 0.2) is 47.4 Å². The number of anilines is 1. The summed E-state index contributed by atoms with van der Waals surface area (Å²) in [5.41, 5.74) is 2.37. The number of morpholine rings is 1. The number of benzene rings is 2. The highest BCUT2D eigenvalue weighted by Crippen LogP contribution is 2.31. The Bertz CT molecular complexity index is 1290. The van der Waals surface area contributed by atoms with Crippen molar-refractivity contribution in [3.8, 4) is 0 Å². The van der Waals surface area contributed by atoms with Crippen molar-refractivity contribution in [1.29, 1.82) is 0 Å². The van der Waals surface area contributed by atoms with Gasteiger partial charge in [0.05, 0.1) is 27.3 Å². The van der Waals surface area contributed by atoms with Crippen LogP contribution in [0.2, 0.25) is 0 Å². The van der Waals surface area contributed by atoms with Crippen molar-refractivity contribution in [2.75, 3.05) is 45.2 Å². The van der Waals surface area contributed by atoms with E-state index in [0.717, 1.165) is 15.8 Å². The number of amides is 1. The highest BCUT2D eigenvalue weighted by Gasteiger charge is 2.32. The number of carbonyl (C=O) groups excluding carboxylic acids is 1. The van der Waals surface area contributed by atoms with Gasteiger partial charge in [-0.25, -0.2) is 13.4 Å². The van der Waals surface area contributed by atoms with Gasteiger partial charge >= 0.3 is 0 Å². The molecule has 0 bridgehead atoms. The minimum absolute atomic E-state index is 0.169. The van der Waals surface area contributed by atoms with Crippen LogP contribution in [-0.2, 0) is 14.8 Å². The number of sulfonamides is 1. The first-order valence-electron chi connectivity index (χ1n) is 11.6. The third-order valence-corrected chi connectivity index (χ3v) is 8.87. The summed E-state index contributed by atoms with van der Waals surface area (Å²) in [5, 5.41) is 0.633. The smallest absolute Gasteiger partial charge is 0.260 e. The maximum atomic E-state index is 13.6. The van der Waals surface area contributed by atoms with Crippen LogP contribution >= 0.6 is 11.3 Å². The average molecular weight is 517 g/mol. The van der Waals surface area contributed by atoms with E-state index in [1.54, 1.807) is 17.0 Å². The van der Waals surface area contributed by atoms with Crippen LogP contribution in [-0.4, -0.2) is 81.0 Å². The normalized spacial score (nSPS) is 19.4. The quantitative estimate of drug-likeness (QED) is 0.477. The van der Waals surface area contributed by atoms with Crippen LogP contribution in [0, 0.1) is 6.92 Å². The van der Waals surface area contributed by atoms with Crippen LogP contribution in [0.4, 0.5) is 5.13 Å². The van der Waals surface area contributed by atoms with Gasteiger partial charge in [-0.3, -0.25) is 9.69 Å². The third-order valence-electron chi connectivity index (χ3n) is 5.98. The largest absolute Gasteiger partial charge is 0.373 e. The van der Waals surface area contributed by atoms with Gasteiger partial charge in [-0.2, -0.15) is 4.31 Å². The first-order valence-corrected chi connectivity index (χ1v) is 13.9. The molecule has 1 aromatic heterocycles. The third kappa shape index (κ3) is 5.57. The van der Waals surface area contributed by atoms with E-state index in [4.69, 9.17) is 9.72 Å². The minimum Gasteiger partial charge on any atom is -0.373 e. The maximum Gasteiger partial charge on any atom is 0.260 e. The van der Waals surface area contributed by atoms with Crippen molar-refractivity contribution >= 4 is 42.6 Å². The number of ether oxygens (including phenoxy) is 1. The summed E-state index contributed by atoms with van der Waals surface area (Å²) < 4.78 is 34.5. The lowest BCUT2D eigenvalue weighted by Gasteiger charge is -2.34. The molecule has 0 unspecified atom stereocenters. The number of hydrogen-bond acceptors (Lipinski definition) is 7. The molecule has 1 amide bonds. The fraction of sp³-hybridized carbons (Fsp3) is 0.440. The Morgan fingerprint density at radius 2 is 1.74 bits per heavy atom. The van der Waals surface area contributed by atoms with Crippen molar-refractivity contribution in [1.82, 2.24) is 14.2 Å². The second-order valence-corrected chi connectivity index (χ2v) is 12.2. The Morgan fingerprint density at radius 1 is 1.09 bits per heavy atom. The lowest BCUT2D eigenvalue weighted by molar-refractivity contribution is -0.0440. The Morgan fingerprint density at radius 3 is 2.34 bits per heavy atom. The van der Waals surface area contributed by atoms with E-state index in [2.05, 4.69) is 0 Å². The van der Waals surface area contributed by atoms with E-state index in [9.17, 15) is 13.2 Å². The molecule has 0 radical (unpaired) electrons. The van der Waals surface area contributed by atoms with Gasteiger partial charge in [0.2, 0.25) is 10.0 Å². The van der Waals surface area contributed by atoms with Gasteiger partial charge in [0.15, 0.2) is 5.13 Å². The van der Waals surface area contributed by atoms with Crippen LogP contribution in [0.3, 0.4) is 0 Å². The molecule has 2 heterocycles. The van der Waals surface area contributed by atoms with Gasteiger partial charge in [-0.1, -0.05) is 23.5 Å². The Hall–Kier alpha value is -2.37. The zero-order chi connectivity index (χ0) is 25.3. The van der Waals surface area contributed by atoms with Crippen molar-refractivity contribution < 1.29 is 17.9 Å². The number of nitrogens with zero attached hydrogens (tertiary/aromatic N) is 4. The van der Waals surface area contributed by atoms with Gasteiger partial charge in [0.1, 0.15) is 0 Å². The molecular weight excluding hydrogens is 484 g/mol. The standard InChI is InChI=1S/C25H32N4O4S2/c1-17-7-6-8-22-23(17)26-25(34-22)29(14-13-27(4)5)24(30)20-9-11-21(12-10-20)35(31,32)28-15-18(2)33-19(3)16-28/h6-12,18-19H,13-16H2,1-5H3/t18-,19+. The number of rotatable bonds is 7. The second kappa shape index (κ2) is 10.3. The number of fused-ring (bicyclic) bond motifs is 1. The molecule has 0 aliphatic carbocycles. The lowest BCUT2D eigenvalue weighted by Crippen LogP contribution is -2.48. The highest BCUT2D eigenvalue weighted by atomic mass is 32.2. The fourth-order valence-electron chi connectivity index (χ4n) is 4.18. The molecule has 0 N–H and O–H groups in total. The highest BCUT2D eigenvalue weighted by molar-refractivity contribution is 7.89. The zero-order valence-electron chi connectivity index (χ0n) is 20.8. The van der Waals surface area contributed by atoms with Crippen LogP contribution in [0.5, 0.6) is 0 Å². The molecule has 188 valence electrons. The van der Waals surface area contributed by atoms with Crippen LogP contribution in [0.1, 0.15) is 29.8 Å². The van der Waals surface area contributed by atoms with E-state index in [-0.39, 0.29) is 23.0 Å². The molecule has 4 rings (SSSR count). The van der Waals surface area contributed by atoms with Crippen molar-refractivity contribution in [3.63, 3.8) is 0 Å². The number of para-hydroxylation sites is 1. The van der Waals surface area contributed by atoms with Crippen LogP contribution < -0.4 is 4.90 Å². The first kappa shape index (κ1) is 25.7. The van der Waals surface area contributed by atoms with Crippen molar-refractivity contribution in [3.05, 3.63) is 53.6 Å². The second-order valence-electron chi connectivity index (χ2n) is 9.28. The maximum absolute atomic E-state index is 13.6. The Balaban J connectivity index is 1.61. The summed E-state index contributed by atoms with van der Waals surface area (Å²) in [6.07, 6.45) is -0.339. The molecule has 35 heavy (non-hydrogen) atoms. The molecule has 0 spiro atoms. The summed E-state index contributed by atoms with van der Waals surface area (Å²) in [6, 6.07) is 12.2. The Kier molecular flexibility index (Phi) is 7.58. The number of thiazole rings is 1. The minimum atomic E-state index is -3.67. The first-order chi connectivity index (χ1) is 16.6. The molecule has 10 heteroatoms. The SMILES string of the molecule is Cc1cccc2sc(N(CCN(C)C)C(=O)c3ccc(S(=O)(=O)N4C[C@@H](C)O[C@@H](C)C4)cc3)nc12. The number of likely N-dealkylation sites (N-methyl/N-ethyl adjacent to an activating group) is 1.